The number of aromatic nitrogens is 1. The van der Waals surface area contributed by atoms with E-state index in [-0.39, 0.29) is 0 Å². The Balaban J connectivity index is 1.27. The third-order valence-electron chi connectivity index (χ3n) is 5.75. The summed E-state index contributed by atoms with van der Waals surface area (Å²) in [4.78, 5) is 3.21. The molecule has 0 aliphatic heterocycles. The van der Waals surface area contributed by atoms with E-state index in [0.29, 0.717) is 13.2 Å². The number of nitrogens with one attached hydrogen (secondary N) is 1. The molecule has 5 aromatic rings. The third kappa shape index (κ3) is 3.96. The standard InChI is InChI=1S/C28H27NO3/c1-2-8-23-27(14-13-21-24(19-32-28(21)23)20-9-4-3-5-10-20)31-18-7-17-30-26-12-6-11-25-22(26)15-16-29-25/h3-6,9-16,19,29H,2,7-8,17-18H2,1H3. The zero-order valence-electron chi connectivity index (χ0n) is 18.3. The van der Waals surface area contributed by atoms with E-state index in [1.165, 1.54) is 0 Å². The molecule has 4 heteroatoms. The molecule has 0 saturated carbocycles. The van der Waals surface area contributed by atoms with Crippen LogP contribution < -0.4 is 9.47 Å². The molecule has 0 aliphatic carbocycles. The van der Waals surface area contributed by atoms with Gasteiger partial charge >= 0.3 is 0 Å². The highest BCUT2D eigenvalue weighted by molar-refractivity contribution is 5.96. The zero-order valence-corrected chi connectivity index (χ0v) is 18.3. The number of fused-ring (bicyclic) bond motifs is 2. The Labute approximate surface area is 187 Å². The van der Waals surface area contributed by atoms with Crippen LogP contribution in [-0.2, 0) is 6.42 Å². The Kier molecular flexibility index (Phi) is 5.84. The molecule has 0 bridgehead atoms. The molecule has 1 N–H and O–H groups in total. The average molecular weight is 426 g/mol. The van der Waals surface area contributed by atoms with E-state index in [0.717, 1.165) is 69.3 Å². The summed E-state index contributed by atoms with van der Waals surface area (Å²) in [5.41, 5.74) is 5.45. The van der Waals surface area contributed by atoms with Crippen molar-refractivity contribution in [3.63, 3.8) is 0 Å². The van der Waals surface area contributed by atoms with Crippen molar-refractivity contribution < 1.29 is 13.9 Å². The zero-order chi connectivity index (χ0) is 21.8. The topological polar surface area (TPSA) is 47.4 Å². The number of benzene rings is 3. The summed E-state index contributed by atoms with van der Waals surface area (Å²) >= 11 is 0. The molecule has 0 spiro atoms. The Hall–Kier alpha value is -3.66. The van der Waals surface area contributed by atoms with E-state index >= 15 is 0 Å². The maximum atomic E-state index is 6.18. The summed E-state index contributed by atoms with van der Waals surface area (Å²) in [5.74, 6) is 1.81. The monoisotopic (exact) mass is 425 g/mol. The molecule has 162 valence electrons. The highest BCUT2D eigenvalue weighted by Gasteiger charge is 2.15. The van der Waals surface area contributed by atoms with Crippen LogP contribution in [0.1, 0.15) is 25.3 Å². The molecule has 2 heterocycles. The fourth-order valence-corrected chi connectivity index (χ4v) is 4.21. The predicted octanol–water partition coefficient (Wildman–Crippen LogP) is 7.38. The minimum Gasteiger partial charge on any atom is -0.493 e. The SMILES string of the molecule is CCCc1c(OCCCOc2cccc3[nH]ccc23)ccc2c(-c3ccccc3)coc12. The number of H-pyrrole nitrogens is 1. The highest BCUT2D eigenvalue weighted by Crippen LogP contribution is 2.37. The minimum absolute atomic E-state index is 0.595. The second-order valence-electron chi connectivity index (χ2n) is 7.93. The van der Waals surface area contributed by atoms with Crippen molar-refractivity contribution in [3.05, 3.63) is 84.8 Å². The van der Waals surface area contributed by atoms with Crippen LogP contribution in [-0.4, -0.2) is 18.2 Å². The maximum Gasteiger partial charge on any atom is 0.141 e. The molecule has 0 aliphatic rings. The van der Waals surface area contributed by atoms with E-state index in [1.807, 2.05) is 36.7 Å². The van der Waals surface area contributed by atoms with Crippen LogP contribution in [0.15, 0.2) is 83.6 Å². The van der Waals surface area contributed by atoms with Crippen LogP contribution in [0.5, 0.6) is 11.5 Å². The van der Waals surface area contributed by atoms with Crippen molar-refractivity contribution in [1.82, 2.24) is 4.98 Å². The van der Waals surface area contributed by atoms with Gasteiger partial charge in [0.15, 0.2) is 0 Å². The largest absolute Gasteiger partial charge is 0.493 e. The molecule has 0 radical (unpaired) electrons. The molecule has 0 fully saturated rings. The molecule has 2 aromatic heterocycles. The summed E-state index contributed by atoms with van der Waals surface area (Å²) < 4.78 is 18.2. The van der Waals surface area contributed by atoms with Crippen LogP contribution in [0.4, 0.5) is 0 Å². The summed E-state index contributed by atoms with van der Waals surface area (Å²) in [6.07, 6.45) is 6.54. The van der Waals surface area contributed by atoms with Gasteiger partial charge in [0.25, 0.3) is 0 Å². The first kappa shape index (κ1) is 20.3. The Morgan fingerprint density at radius 2 is 1.66 bits per heavy atom. The van der Waals surface area contributed by atoms with E-state index in [9.17, 15) is 0 Å². The molecule has 32 heavy (non-hydrogen) atoms. The second-order valence-corrected chi connectivity index (χ2v) is 7.93. The lowest BCUT2D eigenvalue weighted by atomic mass is 10.0. The van der Waals surface area contributed by atoms with Gasteiger partial charge in [-0.05, 0) is 42.3 Å². The van der Waals surface area contributed by atoms with Gasteiger partial charge in [0.05, 0.1) is 19.5 Å². The summed E-state index contributed by atoms with van der Waals surface area (Å²) in [6, 6.07) is 22.7. The molecular weight excluding hydrogens is 398 g/mol. The number of aryl methyl sites for hydroxylation is 1. The van der Waals surface area contributed by atoms with Gasteiger partial charge in [-0.1, -0.05) is 49.7 Å². The van der Waals surface area contributed by atoms with Crippen LogP contribution in [0.3, 0.4) is 0 Å². The van der Waals surface area contributed by atoms with Crippen molar-refractivity contribution in [2.75, 3.05) is 13.2 Å². The van der Waals surface area contributed by atoms with Gasteiger partial charge in [-0.2, -0.15) is 0 Å². The lowest BCUT2D eigenvalue weighted by Gasteiger charge is -2.13. The van der Waals surface area contributed by atoms with Crippen LogP contribution in [0, 0.1) is 0 Å². The van der Waals surface area contributed by atoms with Gasteiger partial charge in [-0.15, -0.1) is 0 Å². The summed E-state index contributed by atoms with van der Waals surface area (Å²) in [6.45, 7) is 3.38. The molecule has 0 atom stereocenters. The third-order valence-corrected chi connectivity index (χ3v) is 5.75. The van der Waals surface area contributed by atoms with E-state index < -0.39 is 0 Å². The number of hydrogen-bond donors (Lipinski definition) is 1. The van der Waals surface area contributed by atoms with E-state index in [1.54, 1.807) is 0 Å². The molecule has 4 nitrogen and oxygen atoms in total. The summed E-state index contributed by atoms with van der Waals surface area (Å²) in [7, 11) is 0. The Morgan fingerprint density at radius 3 is 2.50 bits per heavy atom. The van der Waals surface area contributed by atoms with Crippen LogP contribution in [0.25, 0.3) is 33.0 Å². The van der Waals surface area contributed by atoms with E-state index in [2.05, 4.69) is 54.4 Å². The van der Waals surface area contributed by atoms with Crippen molar-refractivity contribution in [1.29, 1.82) is 0 Å². The number of ether oxygens (including phenoxy) is 2. The Bertz CT molecular complexity index is 1320. The molecule has 0 saturated heterocycles. The van der Waals surface area contributed by atoms with Gasteiger partial charge in [0.1, 0.15) is 17.1 Å². The van der Waals surface area contributed by atoms with Crippen molar-refractivity contribution in [2.45, 2.75) is 26.2 Å². The van der Waals surface area contributed by atoms with Gasteiger partial charge in [0.2, 0.25) is 0 Å². The quantitative estimate of drug-likeness (QED) is 0.251. The number of rotatable bonds is 9. The first-order valence-corrected chi connectivity index (χ1v) is 11.3. The number of aromatic amines is 1. The predicted molar refractivity (Wildman–Crippen MR) is 130 cm³/mol. The summed E-state index contributed by atoms with van der Waals surface area (Å²) in [5, 5.41) is 2.24. The lowest BCUT2D eigenvalue weighted by Crippen LogP contribution is -2.06. The molecule has 0 unspecified atom stereocenters. The van der Waals surface area contributed by atoms with Crippen LogP contribution >= 0.6 is 0 Å². The number of hydrogen-bond acceptors (Lipinski definition) is 3. The first-order valence-electron chi connectivity index (χ1n) is 11.3. The molecule has 0 amide bonds. The Morgan fingerprint density at radius 1 is 0.812 bits per heavy atom. The highest BCUT2D eigenvalue weighted by atomic mass is 16.5. The van der Waals surface area contributed by atoms with Crippen molar-refractivity contribution in [2.24, 2.45) is 0 Å². The van der Waals surface area contributed by atoms with E-state index in [4.69, 9.17) is 13.9 Å². The smallest absolute Gasteiger partial charge is 0.141 e. The average Bonchev–Trinajstić information content (AvgIpc) is 3.48. The van der Waals surface area contributed by atoms with Gasteiger partial charge < -0.3 is 18.9 Å². The lowest BCUT2D eigenvalue weighted by molar-refractivity contribution is 0.247. The minimum atomic E-state index is 0.595. The molecule has 3 aromatic carbocycles. The number of furan rings is 1. The normalized spacial score (nSPS) is 11.3. The van der Waals surface area contributed by atoms with Crippen molar-refractivity contribution in [3.8, 4) is 22.6 Å². The molecule has 5 rings (SSSR count). The van der Waals surface area contributed by atoms with Gasteiger partial charge in [-0.25, -0.2) is 0 Å². The van der Waals surface area contributed by atoms with Crippen molar-refractivity contribution >= 4 is 21.9 Å². The van der Waals surface area contributed by atoms with Gasteiger partial charge in [-0.3, -0.25) is 0 Å². The van der Waals surface area contributed by atoms with Gasteiger partial charge in [0, 0.05) is 40.0 Å². The fourth-order valence-electron chi connectivity index (χ4n) is 4.21. The van der Waals surface area contributed by atoms with Crippen LogP contribution in [0.2, 0.25) is 0 Å². The first-order chi connectivity index (χ1) is 15.8. The maximum absolute atomic E-state index is 6.18. The second kappa shape index (κ2) is 9.23. The fraction of sp³-hybridized carbons (Fsp3) is 0.214. The molecular formula is C28H27NO3.